The first-order chi connectivity index (χ1) is 14.5. The van der Waals surface area contributed by atoms with Gasteiger partial charge >= 0.3 is 0 Å². The molecule has 1 fully saturated rings. The SMILES string of the molecule is Cc1ccc(NC(=O)C2CCN(c3ncc(-c4ccc(F)cc4)cn3)CC2)cc1Cl. The smallest absolute Gasteiger partial charge is 0.227 e. The number of amides is 1. The van der Waals surface area contributed by atoms with Crippen LogP contribution in [-0.2, 0) is 4.79 Å². The molecule has 7 heteroatoms. The molecule has 154 valence electrons. The molecule has 1 amide bonds. The van der Waals surface area contributed by atoms with Crippen LogP contribution in [0.1, 0.15) is 18.4 Å². The Labute approximate surface area is 179 Å². The van der Waals surface area contributed by atoms with Crippen molar-refractivity contribution in [3.05, 3.63) is 71.3 Å². The summed E-state index contributed by atoms with van der Waals surface area (Å²) in [5, 5.41) is 3.61. The summed E-state index contributed by atoms with van der Waals surface area (Å²) < 4.78 is 13.1. The number of anilines is 2. The standard InChI is InChI=1S/C23H22ClFN4O/c1-15-2-7-20(12-21(15)24)28-22(30)17-8-10-29(11-9-17)23-26-13-18(14-27-23)16-3-5-19(25)6-4-16/h2-7,12-14,17H,8-11H2,1H3,(H,28,30). The average Bonchev–Trinajstić information content (AvgIpc) is 2.77. The van der Waals surface area contributed by atoms with Crippen LogP contribution in [0, 0.1) is 18.7 Å². The molecule has 4 rings (SSSR count). The van der Waals surface area contributed by atoms with Crippen LogP contribution in [0.3, 0.4) is 0 Å². The first kappa shape index (κ1) is 20.3. The molecule has 0 unspecified atom stereocenters. The van der Waals surface area contributed by atoms with E-state index < -0.39 is 0 Å². The van der Waals surface area contributed by atoms with E-state index in [0.717, 1.165) is 35.2 Å². The number of aromatic nitrogens is 2. The Morgan fingerprint density at radius 1 is 1.07 bits per heavy atom. The predicted molar refractivity (Wildman–Crippen MR) is 117 cm³/mol. The lowest BCUT2D eigenvalue weighted by Crippen LogP contribution is -2.39. The number of nitrogens with zero attached hydrogens (tertiary/aromatic N) is 3. The van der Waals surface area contributed by atoms with Crippen LogP contribution >= 0.6 is 11.6 Å². The van der Waals surface area contributed by atoms with Gasteiger partial charge in [0.05, 0.1) is 0 Å². The van der Waals surface area contributed by atoms with Gasteiger partial charge in [0.2, 0.25) is 11.9 Å². The molecule has 0 spiro atoms. The summed E-state index contributed by atoms with van der Waals surface area (Å²) in [7, 11) is 0. The Hall–Kier alpha value is -2.99. The molecular formula is C23H22ClFN4O. The number of carbonyl (C=O) groups excluding carboxylic acids is 1. The van der Waals surface area contributed by atoms with Crippen molar-refractivity contribution >= 4 is 29.1 Å². The lowest BCUT2D eigenvalue weighted by atomic mass is 9.96. The molecule has 0 radical (unpaired) electrons. The third-order valence-corrected chi connectivity index (χ3v) is 5.81. The second-order valence-electron chi connectivity index (χ2n) is 7.49. The molecule has 1 saturated heterocycles. The molecule has 0 bridgehead atoms. The van der Waals surface area contributed by atoms with Crippen LogP contribution in [0.5, 0.6) is 0 Å². The van der Waals surface area contributed by atoms with Crippen molar-refractivity contribution in [2.24, 2.45) is 5.92 Å². The Balaban J connectivity index is 1.34. The van der Waals surface area contributed by atoms with Crippen LogP contribution in [0.2, 0.25) is 5.02 Å². The number of aryl methyl sites for hydroxylation is 1. The van der Waals surface area contributed by atoms with E-state index in [4.69, 9.17) is 11.6 Å². The van der Waals surface area contributed by atoms with Gasteiger partial charge in [-0.2, -0.15) is 0 Å². The minimum absolute atomic E-state index is 0.0159. The Morgan fingerprint density at radius 3 is 2.37 bits per heavy atom. The van der Waals surface area contributed by atoms with Gasteiger partial charge in [0.15, 0.2) is 0 Å². The highest BCUT2D eigenvalue weighted by atomic mass is 35.5. The van der Waals surface area contributed by atoms with Crippen molar-refractivity contribution in [3.63, 3.8) is 0 Å². The summed E-state index contributed by atoms with van der Waals surface area (Å²) in [4.78, 5) is 23.6. The van der Waals surface area contributed by atoms with E-state index in [2.05, 4.69) is 20.2 Å². The van der Waals surface area contributed by atoms with Crippen molar-refractivity contribution in [1.82, 2.24) is 9.97 Å². The van der Waals surface area contributed by atoms with E-state index >= 15 is 0 Å². The molecule has 0 aliphatic carbocycles. The first-order valence-corrected chi connectivity index (χ1v) is 10.3. The Kier molecular flexibility index (Phi) is 5.95. The van der Waals surface area contributed by atoms with Crippen molar-refractivity contribution in [3.8, 4) is 11.1 Å². The summed E-state index contributed by atoms with van der Waals surface area (Å²) in [6.07, 6.45) is 4.95. The summed E-state index contributed by atoms with van der Waals surface area (Å²) in [5.41, 5.74) is 3.41. The van der Waals surface area contributed by atoms with E-state index in [0.29, 0.717) is 24.1 Å². The molecule has 1 aliphatic heterocycles. The van der Waals surface area contributed by atoms with E-state index in [-0.39, 0.29) is 17.6 Å². The van der Waals surface area contributed by atoms with Gasteiger partial charge in [0, 0.05) is 47.7 Å². The summed E-state index contributed by atoms with van der Waals surface area (Å²) >= 11 is 6.14. The fourth-order valence-electron chi connectivity index (χ4n) is 3.53. The Morgan fingerprint density at radius 2 is 1.73 bits per heavy atom. The van der Waals surface area contributed by atoms with Gasteiger partial charge in [0.1, 0.15) is 5.82 Å². The van der Waals surface area contributed by atoms with Crippen LogP contribution in [-0.4, -0.2) is 29.0 Å². The maximum Gasteiger partial charge on any atom is 0.227 e. The van der Waals surface area contributed by atoms with E-state index in [1.54, 1.807) is 30.6 Å². The number of hydrogen-bond acceptors (Lipinski definition) is 4. The number of nitrogens with one attached hydrogen (secondary N) is 1. The third kappa shape index (κ3) is 4.60. The maximum atomic E-state index is 13.1. The number of carbonyl (C=O) groups is 1. The number of benzene rings is 2. The molecular weight excluding hydrogens is 403 g/mol. The number of hydrogen-bond donors (Lipinski definition) is 1. The van der Waals surface area contributed by atoms with Crippen molar-refractivity contribution in [2.45, 2.75) is 19.8 Å². The van der Waals surface area contributed by atoms with Gasteiger partial charge in [-0.3, -0.25) is 4.79 Å². The highest BCUT2D eigenvalue weighted by molar-refractivity contribution is 6.31. The third-order valence-electron chi connectivity index (χ3n) is 5.40. The van der Waals surface area contributed by atoms with Gasteiger partial charge in [0.25, 0.3) is 0 Å². The molecule has 1 N–H and O–H groups in total. The fraction of sp³-hybridized carbons (Fsp3) is 0.261. The van der Waals surface area contributed by atoms with E-state index in [9.17, 15) is 9.18 Å². The van der Waals surface area contributed by atoms with Gasteiger partial charge in [-0.15, -0.1) is 0 Å². The quantitative estimate of drug-likeness (QED) is 0.633. The second-order valence-corrected chi connectivity index (χ2v) is 7.90. The van der Waals surface area contributed by atoms with E-state index in [1.165, 1.54) is 12.1 Å². The second kappa shape index (κ2) is 8.79. The number of piperidine rings is 1. The van der Waals surface area contributed by atoms with Gasteiger partial charge < -0.3 is 10.2 Å². The topological polar surface area (TPSA) is 58.1 Å². The molecule has 1 aromatic heterocycles. The predicted octanol–water partition coefficient (Wildman–Crippen LogP) is 5.10. The first-order valence-electron chi connectivity index (χ1n) is 9.89. The highest BCUT2D eigenvalue weighted by Gasteiger charge is 2.26. The zero-order valence-corrected chi connectivity index (χ0v) is 17.4. The lowest BCUT2D eigenvalue weighted by Gasteiger charge is -2.31. The monoisotopic (exact) mass is 424 g/mol. The van der Waals surface area contributed by atoms with Crippen LogP contribution < -0.4 is 10.2 Å². The van der Waals surface area contributed by atoms with Crippen LogP contribution in [0.25, 0.3) is 11.1 Å². The largest absolute Gasteiger partial charge is 0.341 e. The molecule has 30 heavy (non-hydrogen) atoms. The molecule has 0 atom stereocenters. The molecule has 2 aromatic carbocycles. The molecule has 0 saturated carbocycles. The van der Waals surface area contributed by atoms with E-state index in [1.807, 2.05) is 19.1 Å². The summed E-state index contributed by atoms with van der Waals surface area (Å²) in [6, 6.07) is 11.8. The van der Waals surface area contributed by atoms with Crippen molar-refractivity contribution < 1.29 is 9.18 Å². The zero-order valence-electron chi connectivity index (χ0n) is 16.6. The van der Waals surface area contributed by atoms with Gasteiger partial charge in [-0.05, 0) is 55.2 Å². The minimum Gasteiger partial charge on any atom is -0.341 e. The molecule has 3 aromatic rings. The van der Waals surface area contributed by atoms with Gasteiger partial charge in [-0.25, -0.2) is 14.4 Å². The fourth-order valence-corrected chi connectivity index (χ4v) is 3.71. The highest BCUT2D eigenvalue weighted by Crippen LogP contribution is 2.25. The molecule has 1 aliphatic rings. The lowest BCUT2D eigenvalue weighted by molar-refractivity contribution is -0.120. The van der Waals surface area contributed by atoms with Crippen molar-refractivity contribution in [1.29, 1.82) is 0 Å². The zero-order chi connectivity index (χ0) is 21.1. The summed E-state index contributed by atoms with van der Waals surface area (Å²) in [6.45, 7) is 3.35. The maximum absolute atomic E-state index is 13.1. The number of halogens is 2. The Bertz CT molecular complexity index is 1030. The van der Waals surface area contributed by atoms with Crippen LogP contribution in [0.4, 0.5) is 16.0 Å². The van der Waals surface area contributed by atoms with Gasteiger partial charge in [-0.1, -0.05) is 29.8 Å². The normalized spacial score (nSPS) is 14.6. The number of rotatable bonds is 4. The molecule has 2 heterocycles. The average molecular weight is 425 g/mol. The van der Waals surface area contributed by atoms with Crippen LogP contribution in [0.15, 0.2) is 54.9 Å². The van der Waals surface area contributed by atoms with Crippen molar-refractivity contribution in [2.75, 3.05) is 23.3 Å². The molecule has 5 nitrogen and oxygen atoms in total. The summed E-state index contributed by atoms with van der Waals surface area (Å²) in [5.74, 6) is 0.334. The minimum atomic E-state index is -0.270.